The Kier molecular flexibility index (Phi) is 4.31. The molecule has 1 N–H and O–H groups in total. The zero-order chi connectivity index (χ0) is 19.3. The molecule has 0 aliphatic carbocycles. The van der Waals surface area contributed by atoms with Crippen LogP contribution >= 0.6 is 0 Å². The quantitative estimate of drug-likeness (QED) is 0.829. The maximum atomic E-state index is 14.1. The second kappa shape index (κ2) is 5.64. The van der Waals surface area contributed by atoms with Gasteiger partial charge in [0.15, 0.2) is 0 Å². The lowest BCUT2D eigenvalue weighted by Crippen LogP contribution is -2.69. The number of amides is 1. The number of hydrogen-bond donors (Lipinski definition) is 1. The molecule has 1 atom stereocenters. The second-order valence-corrected chi connectivity index (χ2v) is 5.33. The minimum Gasteiger partial charge on any atom is -0.364 e. The van der Waals surface area contributed by atoms with Crippen LogP contribution in [0.3, 0.4) is 0 Å². The number of alkyl halides is 7. The number of hydrogen-bond acceptors (Lipinski definition) is 4. The summed E-state index contributed by atoms with van der Waals surface area (Å²) < 4.78 is 92.1. The summed E-state index contributed by atoms with van der Waals surface area (Å²) in [5.74, 6) is -14.2. The smallest absolute Gasteiger partial charge is 0.364 e. The van der Waals surface area contributed by atoms with E-state index >= 15 is 0 Å². The highest BCUT2D eigenvalue weighted by Crippen LogP contribution is 2.54. The fourth-order valence-corrected chi connectivity index (χ4v) is 2.22. The zero-order valence-electron chi connectivity index (χ0n) is 12.4. The Hall–Kier alpha value is -2.24. The van der Waals surface area contributed by atoms with Gasteiger partial charge < -0.3 is 5.11 Å². The van der Waals surface area contributed by atoms with Crippen LogP contribution in [0.5, 0.6) is 0 Å². The van der Waals surface area contributed by atoms with Crippen LogP contribution in [0.15, 0.2) is 29.6 Å². The van der Waals surface area contributed by atoms with Crippen molar-refractivity contribution in [1.82, 2.24) is 9.99 Å². The summed E-state index contributed by atoms with van der Waals surface area (Å²) in [6.07, 6.45) is -6.00. The van der Waals surface area contributed by atoms with Crippen molar-refractivity contribution in [2.75, 3.05) is 0 Å². The van der Waals surface area contributed by atoms with E-state index in [1.165, 1.54) is 12.3 Å². The largest absolute Gasteiger partial charge is 0.460 e. The third-order valence-corrected chi connectivity index (χ3v) is 3.48. The first-order valence-electron chi connectivity index (χ1n) is 6.59. The first-order chi connectivity index (χ1) is 11.3. The number of aromatic nitrogens is 1. The number of carbonyl (C=O) groups is 1. The molecule has 0 radical (unpaired) electrons. The highest BCUT2D eigenvalue weighted by Gasteiger charge is 2.82. The Labute approximate surface area is 135 Å². The van der Waals surface area contributed by atoms with Gasteiger partial charge in [-0.2, -0.15) is 40.8 Å². The SMILES string of the molecule is CC1=NN(C(=O)c2cccnc2)C(O)(C(F)(F)C(F)(F)C(F)(F)F)C1. The molecule has 25 heavy (non-hydrogen) atoms. The van der Waals surface area contributed by atoms with Gasteiger partial charge in [-0.3, -0.25) is 9.78 Å². The fourth-order valence-electron chi connectivity index (χ4n) is 2.22. The molecule has 0 fully saturated rings. The lowest BCUT2D eigenvalue weighted by Gasteiger charge is -2.41. The average molecular weight is 373 g/mol. The number of nitrogens with zero attached hydrogens (tertiary/aromatic N) is 3. The van der Waals surface area contributed by atoms with E-state index in [4.69, 9.17) is 0 Å². The van der Waals surface area contributed by atoms with E-state index in [1.807, 2.05) is 0 Å². The maximum Gasteiger partial charge on any atom is 0.460 e. The van der Waals surface area contributed by atoms with E-state index in [0.717, 1.165) is 19.2 Å². The van der Waals surface area contributed by atoms with Crippen molar-refractivity contribution in [3.8, 4) is 0 Å². The minimum atomic E-state index is -6.66. The Bertz CT molecular complexity index is 705. The van der Waals surface area contributed by atoms with E-state index < -0.39 is 52.4 Å². The summed E-state index contributed by atoms with van der Waals surface area (Å²) in [5.41, 5.74) is -5.08. The molecule has 1 aromatic heterocycles. The molecule has 0 bridgehead atoms. The van der Waals surface area contributed by atoms with Gasteiger partial charge in [-0.15, -0.1) is 0 Å². The predicted octanol–water partition coefficient (Wildman–Crippen LogP) is 2.82. The third-order valence-electron chi connectivity index (χ3n) is 3.48. The first-order valence-corrected chi connectivity index (χ1v) is 6.59. The zero-order valence-corrected chi connectivity index (χ0v) is 12.4. The van der Waals surface area contributed by atoms with Gasteiger partial charge in [0.25, 0.3) is 5.91 Å². The highest BCUT2D eigenvalue weighted by atomic mass is 19.4. The van der Waals surface area contributed by atoms with Gasteiger partial charge in [-0.05, 0) is 19.1 Å². The van der Waals surface area contributed by atoms with Crippen molar-refractivity contribution in [2.24, 2.45) is 5.10 Å². The normalized spacial score (nSPS) is 22.1. The Morgan fingerprint density at radius 3 is 2.32 bits per heavy atom. The van der Waals surface area contributed by atoms with Crippen molar-refractivity contribution in [3.63, 3.8) is 0 Å². The molecule has 0 saturated heterocycles. The van der Waals surface area contributed by atoms with E-state index in [1.54, 1.807) is 0 Å². The molecule has 1 aliphatic rings. The molecule has 0 saturated carbocycles. The summed E-state index contributed by atoms with van der Waals surface area (Å²) in [5, 5.41) is 12.8. The number of halogens is 7. The van der Waals surface area contributed by atoms with Gasteiger partial charge in [-0.1, -0.05) is 0 Å². The molecule has 1 aliphatic heterocycles. The maximum absolute atomic E-state index is 14.1. The van der Waals surface area contributed by atoms with E-state index in [0.29, 0.717) is 0 Å². The van der Waals surface area contributed by atoms with Crippen LogP contribution in [0.1, 0.15) is 23.7 Å². The Morgan fingerprint density at radius 1 is 1.24 bits per heavy atom. The molecule has 12 heteroatoms. The molecular formula is C13H10F7N3O2. The first kappa shape index (κ1) is 19.1. The predicted molar refractivity (Wildman–Crippen MR) is 69.0 cm³/mol. The number of pyridine rings is 1. The Balaban J connectivity index is 2.53. The third kappa shape index (κ3) is 2.73. The molecular weight excluding hydrogens is 363 g/mol. The van der Waals surface area contributed by atoms with Gasteiger partial charge >= 0.3 is 18.0 Å². The van der Waals surface area contributed by atoms with Gasteiger partial charge in [0.1, 0.15) is 0 Å². The summed E-state index contributed by atoms with van der Waals surface area (Å²) in [4.78, 5) is 15.7. The van der Waals surface area contributed by atoms with Gasteiger partial charge in [0.05, 0.1) is 5.56 Å². The average Bonchev–Trinajstić information content (AvgIpc) is 2.82. The van der Waals surface area contributed by atoms with E-state index in [-0.39, 0.29) is 0 Å². The van der Waals surface area contributed by atoms with Crippen LogP contribution in [-0.2, 0) is 0 Å². The van der Waals surface area contributed by atoms with Crippen molar-refractivity contribution in [2.45, 2.75) is 37.1 Å². The molecule has 1 amide bonds. The molecule has 138 valence electrons. The van der Waals surface area contributed by atoms with Crippen LogP contribution in [0, 0.1) is 0 Å². The number of aliphatic hydroxyl groups is 1. The van der Waals surface area contributed by atoms with Crippen molar-refractivity contribution in [1.29, 1.82) is 0 Å². The van der Waals surface area contributed by atoms with Crippen LogP contribution in [0.4, 0.5) is 30.7 Å². The fraction of sp³-hybridized carbons (Fsp3) is 0.462. The topological polar surface area (TPSA) is 65.8 Å². The molecule has 2 heterocycles. The lowest BCUT2D eigenvalue weighted by molar-refractivity contribution is -0.400. The van der Waals surface area contributed by atoms with E-state index in [2.05, 4.69) is 10.1 Å². The summed E-state index contributed by atoms with van der Waals surface area (Å²) in [6, 6.07) is 2.24. The van der Waals surface area contributed by atoms with Gasteiger partial charge in [0.2, 0.25) is 5.72 Å². The standard InChI is InChI=1S/C13H10F7N3O2/c1-7-5-10(25,11(14,15)12(16,17)13(18,19)20)23(22-7)9(24)8-3-2-4-21-6-8/h2-4,6,25H,5H2,1H3. The van der Waals surface area contributed by atoms with Gasteiger partial charge in [-0.25, -0.2) is 0 Å². The van der Waals surface area contributed by atoms with Crippen molar-refractivity contribution < 1.29 is 40.6 Å². The Morgan fingerprint density at radius 2 is 1.84 bits per heavy atom. The minimum absolute atomic E-state index is 0.433. The molecule has 0 aromatic carbocycles. The van der Waals surface area contributed by atoms with Crippen LogP contribution in [0.25, 0.3) is 0 Å². The van der Waals surface area contributed by atoms with Crippen LogP contribution in [0.2, 0.25) is 0 Å². The molecule has 5 nitrogen and oxygen atoms in total. The summed E-state index contributed by atoms with van der Waals surface area (Å²) >= 11 is 0. The van der Waals surface area contributed by atoms with Crippen LogP contribution in [-0.4, -0.2) is 50.5 Å². The highest BCUT2D eigenvalue weighted by molar-refractivity contribution is 5.97. The molecule has 0 spiro atoms. The molecule has 2 rings (SSSR count). The van der Waals surface area contributed by atoms with Crippen LogP contribution < -0.4 is 0 Å². The molecule has 1 unspecified atom stereocenters. The number of carbonyl (C=O) groups excluding carboxylic acids is 1. The molecule has 1 aromatic rings. The summed E-state index contributed by atoms with van der Waals surface area (Å²) in [7, 11) is 0. The number of rotatable bonds is 3. The van der Waals surface area contributed by atoms with Crippen molar-refractivity contribution in [3.05, 3.63) is 30.1 Å². The van der Waals surface area contributed by atoms with Gasteiger partial charge in [0, 0.05) is 24.5 Å². The second-order valence-electron chi connectivity index (χ2n) is 5.33. The number of hydrazone groups is 1. The van der Waals surface area contributed by atoms with Crippen molar-refractivity contribution >= 4 is 11.6 Å². The summed E-state index contributed by atoms with van der Waals surface area (Å²) in [6.45, 7) is 0.989. The lowest BCUT2D eigenvalue weighted by atomic mass is 9.93. The van der Waals surface area contributed by atoms with E-state index in [9.17, 15) is 40.6 Å². The monoisotopic (exact) mass is 373 g/mol.